The molecular weight excluding hydrogens is 332 g/mol. The van der Waals surface area contributed by atoms with Crippen LogP contribution in [0.3, 0.4) is 0 Å². The summed E-state index contributed by atoms with van der Waals surface area (Å²) >= 11 is 0. The van der Waals surface area contributed by atoms with E-state index in [-0.39, 0.29) is 17.7 Å². The van der Waals surface area contributed by atoms with Gasteiger partial charge in [0.05, 0.1) is 11.1 Å². The van der Waals surface area contributed by atoms with Crippen LogP contribution in [-0.2, 0) is 23.6 Å². The van der Waals surface area contributed by atoms with Crippen LogP contribution in [0, 0.1) is 0 Å². The van der Waals surface area contributed by atoms with Gasteiger partial charge in [-0.3, -0.25) is 4.79 Å². The molecule has 1 N–H and O–H groups in total. The molecule has 0 saturated carbocycles. The van der Waals surface area contributed by atoms with Gasteiger partial charge in [-0.25, -0.2) is 4.98 Å². The van der Waals surface area contributed by atoms with E-state index in [0.29, 0.717) is 12.1 Å². The summed E-state index contributed by atoms with van der Waals surface area (Å²) in [6.45, 7) is 0. The first-order valence-electron chi connectivity index (χ1n) is 5.93. The maximum atomic E-state index is 12.7. The van der Waals surface area contributed by atoms with Gasteiger partial charge >= 0.3 is 18.3 Å². The second-order valence-corrected chi connectivity index (χ2v) is 4.49. The van der Waals surface area contributed by atoms with Crippen molar-refractivity contribution >= 4 is 5.97 Å². The topological polar surface area (TPSA) is 63.3 Å². The van der Waals surface area contributed by atoms with Gasteiger partial charge in [0.25, 0.3) is 0 Å². The molecule has 0 spiro atoms. The lowest BCUT2D eigenvalue weighted by Crippen LogP contribution is -2.11. The summed E-state index contributed by atoms with van der Waals surface area (Å²) in [5.74, 6) is -1.64. The minimum Gasteiger partial charge on any atom is -0.481 e. The predicted molar refractivity (Wildman–Crippen MR) is 63.3 cm³/mol. The van der Waals surface area contributed by atoms with E-state index in [2.05, 4.69) is 4.98 Å². The molecule has 23 heavy (non-hydrogen) atoms. The summed E-state index contributed by atoms with van der Waals surface area (Å²) in [6.07, 6.45) is -9.81. The number of alkyl halides is 6. The molecular formula is C13H7F6NO3. The number of aliphatic carboxylic acids is 1. The smallest absolute Gasteiger partial charge is 0.416 e. The second-order valence-electron chi connectivity index (χ2n) is 4.49. The Bertz CT molecular complexity index is 700. The van der Waals surface area contributed by atoms with Gasteiger partial charge in [0.2, 0.25) is 5.89 Å². The Hall–Kier alpha value is -2.52. The molecule has 4 nitrogen and oxygen atoms in total. The molecule has 0 fully saturated rings. The monoisotopic (exact) mass is 339 g/mol. The van der Waals surface area contributed by atoms with Crippen LogP contribution < -0.4 is 0 Å². The minimum atomic E-state index is -4.98. The molecule has 124 valence electrons. The standard InChI is InChI=1S/C13H7F6NO3/c14-12(15,16)7-1-6(2-8(3-7)13(17,18)19)9-5-23-10(20-9)4-11(21)22/h1-3,5H,4H2,(H,21,22). The maximum absolute atomic E-state index is 12.7. The first-order chi connectivity index (χ1) is 10.5. The Morgan fingerprint density at radius 1 is 1.04 bits per heavy atom. The average Bonchev–Trinajstić information content (AvgIpc) is 2.83. The number of carboxylic acids is 1. The van der Waals surface area contributed by atoms with Gasteiger partial charge in [-0.05, 0) is 18.2 Å². The lowest BCUT2D eigenvalue weighted by molar-refractivity contribution is -0.143. The van der Waals surface area contributed by atoms with Crippen LogP contribution in [0.2, 0.25) is 0 Å². The third-order valence-corrected chi connectivity index (χ3v) is 2.74. The van der Waals surface area contributed by atoms with E-state index in [1.165, 1.54) is 0 Å². The molecule has 1 aromatic heterocycles. The number of aromatic nitrogens is 1. The molecule has 0 aliphatic rings. The van der Waals surface area contributed by atoms with E-state index in [0.717, 1.165) is 6.26 Å². The fraction of sp³-hybridized carbons (Fsp3) is 0.231. The highest BCUT2D eigenvalue weighted by Gasteiger charge is 2.37. The Morgan fingerprint density at radius 2 is 1.57 bits per heavy atom. The van der Waals surface area contributed by atoms with Crippen molar-refractivity contribution in [3.05, 3.63) is 41.5 Å². The molecule has 0 unspecified atom stereocenters. The van der Waals surface area contributed by atoms with Crippen molar-refractivity contribution in [3.63, 3.8) is 0 Å². The number of halogens is 6. The number of oxazole rings is 1. The van der Waals surface area contributed by atoms with Crippen LogP contribution >= 0.6 is 0 Å². The summed E-state index contributed by atoms with van der Waals surface area (Å²) in [4.78, 5) is 14.1. The zero-order valence-corrected chi connectivity index (χ0v) is 11.0. The van der Waals surface area contributed by atoms with Crippen molar-refractivity contribution in [1.82, 2.24) is 4.98 Å². The lowest BCUT2D eigenvalue weighted by atomic mass is 10.0. The van der Waals surface area contributed by atoms with E-state index in [9.17, 15) is 31.1 Å². The third kappa shape index (κ3) is 4.02. The molecule has 0 aliphatic carbocycles. The minimum absolute atomic E-state index is 0.0122. The Balaban J connectivity index is 2.53. The highest BCUT2D eigenvalue weighted by Crippen LogP contribution is 2.38. The Kier molecular flexibility index (Phi) is 4.10. The zero-order chi connectivity index (χ0) is 17.4. The predicted octanol–water partition coefficient (Wildman–Crippen LogP) is 4.01. The lowest BCUT2D eigenvalue weighted by Gasteiger charge is -2.13. The largest absolute Gasteiger partial charge is 0.481 e. The van der Waals surface area contributed by atoms with Crippen molar-refractivity contribution in [1.29, 1.82) is 0 Å². The normalized spacial score (nSPS) is 12.4. The van der Waals surface area contributed by atoms with Crippen LogP contribution in [-0.4, -0.2) is 16.1 Å². The third-order valence-electron chi connectivity index (χ3n) is 2.74. The highest BCUT2D eigenvalue weighted by atomic mass is 19.4. The molecule has 2 aromatic rings. The van der Waals surface area contributed by atoms with E-state index in [1.54, 1.807) is 0 Å². The van der Waals surface area contributed by atoms with E-state index < -0.39 is 41.4 Å². The van der Waals surface area contributed by atoms with Crippen molar-refractivity contribution in [2.24, 2.45) is 0 Å². The molecule has 0 saturated heterocycles. The molecule has 0 atom stereocenters. The van der Waals surface area contributed by atoms with E-state index >= 15 is 0 Å². The number of carboxylic acid groups (broad SMARTS) is 1. The Labute approximate surface area is 124 Å². The van der Waals surface area contributed by atoms with Gasteiger partial charge in [-0.1, -0.05) is 0 Å². The van der Waals surface area contributed by atoms with Crippen LogP contribution in [0.15, 0.2) is 28.9 Å². The molecule has 0 amide bonds. The number of hydrogen-bond donors (Lipinski definition) is 1. The first-order valence-corrected chi connectivity index (χ1v) is 5.93. The quantitative estimate of drug-likeness (QED) is 0.859. The van der Waals surface area contributed by atoms with Crippen molar-refractivity contribution in [2.45, 2.75) is 18.8 Å². The number of rotatable bonds is 3. The second kappa shape index (κ2) is 5.60. The number of nitrogens with zero attached hydrogens (tertiary/aromatic N) is 1. The number of carbonyl (C=O) groups is 1. The number of hydrogen-bond acceptors (Lipinski definition) is 3. The number of benzene rings is 1. The van der Waals surface area contributed by atoms with Crippen molar-refractivity contribution in [2.75, 3.05) is 0 Å². The molecule has 1 heterocycles. The van der Waals surface area contributed by atoms with Crippen LogP contribution in [0.25, 0.3) is 11.3 Å². The van der Waals surface area contributed by atoms with Crippen molar-refractivity contribution in [3.8, 4) is 11.3 Å². The van der Waals surface area contributed by atoms with Crippen LogP contribution in [0.5, 0.6) is 0 Å². The highest BCUT2D eigenvalue weighted by molar-refractivity contribution is 5.69. The SMILES string of the molecule is O=C(O)Cc1nc(-c2cc(C(F)(F)F)cc(C(F)(F)F)c2)co1. The van der Waals surface area contributed by atoms with Gasteiger partial charge in [0.1, 0.15) is 18.4 Å². The molecule has 2 rings (SSSR count). The summed E-state index contributed by atoms with van der Waals surface area (Å²) in [5.41, 5.74) is -3.79. The van der Waals surface area contributed by atoms with Crippen molar-refractivity contribution < 1.29 is 40.7 Å². The fourth-order valence-electron chi connectivity index (χ4n) is 1.76. The van der Waals surface area contributed by atoms with Crippen LogP contribution in [0.1, 0.15) is 17.0 Å². The summed E-state index contributed by atoms with van der Waals surface area (Å²) in [7, 11) is 0. The summed E-state index contributed by atoms with van der Waals surface area (Å²) < 4.78 is 81.2. The molecule has 0 radical (unpaired) electrons. The zero-order valence-electron chi connectivity index (χ0n) is 11.0. The molecule has 10 heteroatoms. The summed E-state index contributed by atoms with van der Waals surface area (Å²) in [5, 5.41) is 8.55. The fourth-order valence-corrected chi connectivity index (χ4v) is 1.76. The van der Waals surface area contributed by atoms with Gasteiger partial charge in [-0.2, -0.15) is 26.3 Å². The first kappa shape index (κ1) is 16.8. The Morgan fingerprint density at radius 3 is 2.00 bits per heavy atom. The average molecular weight is 339 g/mol. The van der Waals surface area contributed by atoms with Gasteiger partial charge in [0, 0.05) is 5.56 Å². The van der Waals surface area contributed by atoms with Gasteiger partial charge < -0.3 is 9.52 Å². The molecule has 1 aromatic carbocycles. The summed E-state index contributed by atoms with van der Waals surface area (Å²) in [6, 6.07) is 0.955. The van der Waals surface area contributed by atoms with E-state index in [1.807, 2.05) is 0 Å². The van der Waals surface area contributed by atoms with Gasteiger partial charge in [-0.15, -0.1) is 0 Å². The van der Waals surface area contributed by atoms with Gasteiger partial charge in [0.15, 0.2) is 0 Å². The van der Waals surface area contributed by atoms with Crippen LogP contribution in [0.4, 0.5) is 26.3 Å². The maximum Gasteiger partial charge on any atom is 0.416 e. The van der Waals surface area contributed by atoms with E-state index in [4.69, 9.17) is 9.52 Å². The molecule has 0 bridgehead atoms. The molecule has 0 aliphatic heterocycles.